The number of benzene rings is 7. The summed E-state index contributed by atoms with van der Waals surface area (Å²) in [5.74, 6) is 3.81. The molecule has 0 bridgehead atoms. The molecule has 0 saturated carbocycles. The Morgan fingerprint density at radius 2 is 0.962 bits per heavy atom. The van der Waals surface area contributed by atoms with E-state index in [9.17, 15) is 0 Å². The highest BCUT2D eigenvalue weighted by molar-refractivity contribution is 5.90. The van der Waals surface area contributed by atoms with Crippen LogP contribution in [0.5, 0.6) is 11.5 Å². The zero-order valence-corrected chi connectivity index (χ0v) is 29.3. The SMILES string of the molecule is CC(Cc1ccc(-c2nc(-c3ccccc3)nc(-c3cccc4c3Oc3ccccc3C43c4ccccc4-c4ccccc43)n2)cc1)c1ccccc1. The Hall–Kier alpha value is -6.65. The third kappa shape index (κ3) is 5.02. The molecule has 0 amide bonds. The summed E-state index contributed by atoms with van der Waals surface area (Å²) in [6.07, 6.45) is 0.949. The van der Waals surface area contributed by atoms with Gasteiger partial charge in [0.05, 0.1) is 11.0 Å². The summed E-state index contributed by atoms with van der Waals surface area (Å²) in [5.41, 5.74) is 11.9. The molecule has 2 aliphatic rings. The number of hydrogen-bond donors (Lipinski definition) is 0. The molecule has 53 heavy (non-hydrogen) atoms. The van der Waals surface area contributed by atoms with Crippen LogP contribution in [0, 0.1) is 0 Å². The van der Waals surface area contributed by atoms with Crippen LogP contribution in [0.25, 0.3) is 45.3 Å². The predicted octanol–water partition coefficient (Wildman–Crippen LogP) is 11.7. The Balaban J connectivity index is 1.14. The third-order valence-electron chi connectivity index (χ3n) is 10.9. The molecule has 0 fully saturated rings. The van der Waals surface area contributed by atoms with Crippen molar-refractivity contribution in [2.45, 2.75) is 24.7 Å². The summed E-state index contributed by atoms with van der Waals surface area (Å²) in [6, 6.07) is 61.9. The maximum absolute atomic E-state index is 6.96. The van der Waals surface area contributed by atoms with E-state index in [1.165, 1.54) is 33.4 Å². The van der Waals surface area contributed by atoms with Gasteiger partial charge in [0.2, 0.25) is 0 Å². The number of hydrogen-bond acceptors (Lipinski definition) is 4. The lowest BCUT2D eigenvalue weighted by molar-refractivity contribution is 0.437. The fourth-order valence-corrected chi connectivity index (χ4v) is 8.44. The van der Waals surface area contributed by atoms with Crippen LogP contribution in [0.3, 0.4) is 0 Å². The lowest BCUT2D eigenvalue weighted by atomic mass is 9.66. The molecule has 10 rings (SSSR count). The van der Waals surface area contributed by atoms with Gasteiger partial charge in [-0.2, -0.15) is 0 Å². The molecule has 8 aromatic rings. The smallest absolute Gasteiger partial charge is 0.167 e. The molecule has 1 spiro atoms. The molecule has 1 aliphatic heterocycles. The van der Waals surface area contributed by atoms with Gasteiger partial charge in [0.25, 0.3) is 0 Å². The summed E-state index contributed by atoms with van der Waals surface area (Å²) >= 11 is 0. The third-order valence-corrected chi connectivity index (χ3v) is 10.9. The van der Waals surface area contributed by atoms with Gasteiger partial charge in [-0.3, -0.25) is 0 Å². The molecule has 1 aliphatic carbocycles. The van der Waals surface area contributed by atoms with E-state index in [2.05, 4.69) is 146 Å². The second-order valence-electron chi connectivity index (χ2n) is 14.0. The highest BCUT2D eigenvalue weighted by Crippen LogP contribution is 2.63. The van der Waals surface area contributed by atoms with Crippen molar-refractivity contribution in [1.29, 1.82) is 0 Å². The Morgan fingerprint density at radius 1 is 0.453 bits per heavy atom. The summed E-state index contributed by atoms with van der Waals surface area (Å²) in [6.45, 7) is 2.28. The molecule has 0 N–H and O–H groups in total. The normalized spacial score (nSPS) is 13.7. The van der Waals surface area contributed by atoms with E-state index >= 15 is 0 Å². The Kier molecular flexibility index (Phi) is 7.36. The largest absolute Gasteiger partial charge is 0.456 e. The highest BCUT2D eigenvalue weighted by Gasteiger charge is 2.51. The van der Waals surface area contributed by atoms with Crippen LogP contribution in [0.4, 0.5) is 0 Å². The number of fused-ring (bicyclic) bond motifs is 9. The van der Waals surface area contributed by atoms with E-state index < -0.39 is 5.41 Å². The molecule has 2 heterocycles. The van der Waals surface area contributed by atoms with Gasteiger partial charge in [-0.15, -0.1) is 0 Å². The maximum Gasteiger partial charge on any atom is 0.167 e. The van der Waals surface area contributed by atoms with Crippen LogP contribution in [-0.4, -0.2) is 15.0 Å². The first-order valence-corrected chi connectivity index (χ1v) is 18.2. The van der Waals surface area contributed by atoms with Gasteiger partial charge < -0.3 is 4.74 Å². The standard InChI is InChI=1S/C49H35N3O/c1-32(34-15-4-2-5-16-34)31-33-27-29-36(30-28-33)47-50-46(35-17-6-3-7-18-35)51-48(52-47)39-21-14-25-43-45(39)53-44-26-13-12-24-42(44)49(43)40-22-10-8-19-37(40)38-20-9-11-23-41(38)49/h2-30,32H,31H2,1H3. The fourth-order valence-electron chi connectivity index (χ4n) is 8.44. The average molecular weight is 682 g/mol. The Labute approximate surface area is 309 Å². The first-order valence-electron chi connectivity index (χ1n) is 18.2. The number of nitrogens with zero attached hydrogens (tertiary/aromatic N) is 3. The van der Waals surface area contributed by atoms with Crippen molar-refractivity contribution in [2.24, 2.45) is 0 Å². The molecule has 252 valence electrons. The van der Waals surface area contributed by atoms with Crippen molar-refractivity contribution >= 4 is 0 Å². The molecule has 4 heteroatoms. The highest BCUT2D eigenvalue weighted by atomic mass is 16.5. The maximum atomic E-state index is 6.96. The van der Waals surface area contributed by atoms with Crippen molar-refractivity contribution in [3.63, 3.8) is 0 Å². The molecule has 0 radical (unpaired) electrons. The lowest BCUT2D eigenvalue weighted by Crippen LogP contribution is -2.32. The Morgan fingerprint density at radius 3 is 1.64 bits per heavy atom. The lowest BCUT2D eigenvalue weighted by Gasteiger charge is -2.39. The number of rotatable bonds is 6. The summed E-state index contributed by atoms with van der Waals surface area (Å²) in [7, 11) is 0. The molecule has 4 nitrogen and oxygen atoms in total. The predicted molar refractivity (Wildman–Crippen MR) is 212 cm³/mol. The van der Waals surface area contributed by atoms with E-state index in [1.54, 1.807) is 0 Å². The first kappa shape index (κ1) is 31.1. The van der Waals surface area contributed by atoms with E-state index in [-0.39, 0.29) is 0 Å². The van der Waals surface area contributed by atoms with Crippen LogP contribution in [0.1, 0.15) is 46.2 Å². The van der Waals surface area contributed by atoms with Crippen LogP contribution in [0.15, 0.2) is 176 Å². The van der Waals surface area contributed by atoms with Crippen molar-refractivity contribution < 1.29 is 4.74 Å². The van der Waals surface area contributed by atoms with E-state index in [4.69, 9.17) is 19.7 Å². The zero-order valence-electron chi connectivity index (χ0n) is 29.3. The van der Waals surface area contributed by atoms with E-state index in [1.807, 2.05) is 36.4 Å². The molecule has 1 unspecified atom stereocenters. The summed E-state index contributed by atoms with van der Waals surface area (Å²) in [5, 5.41) is 0. The number of ether oxygens (including phenoxy) is 1. The van der Waals surface area contributed by atoms with Crippen LogP contribution in [-0.2, 0) is 11.8 Å². The molecule has 0 saturated heterocycles. The van der Waals surface area contributed by atoms with E-state index in [0.717, 1.165) is 45.7 Å². The minimum atomic E-state index is -0.571. The number of para-hydroxylation sites is 2. The topological polar surface area (TPSA) is 47.9 Å². The van der Waals surface area contributed by atoms with Gasteiger partial charge in [0.15, 0.2) is 17.5 Å². The zero-order chi connectivity index (χ0) is 35.4. The van der Waals surface area contributed by atoms with Gasteiger partial charge >= 0.3 is 0 Å². The van der Waals surface area contributed by atoms with Crippen LogP contribution >= 0.6 is 0 Å². The van der Waals surface area contributed by atoms with Gasteiger partial charge in [0, 0.05) is 22.3 Å². The molecule has 1 atom stereocenters. The minimum absolute atomic E-state index is 0.409. The summed E-state index contributed by atoms with van der Waals surface area (Å²) in [4.78, 5) is 15.4. The van der Waals surface area contributed by atoms with Gasteiger partial charge in [-0.25, -0.2) is 15.0 Å². The second-order valence-corrected chi connectivity index (χ2v) is 14.0. The number of aromatic nitrogens is 3. The van der Waals surface area contributed by atoms with Crippen molar-refractivity contribution in [3.8, 4) is 56.8 Å². The van der Waals surface area contributed by atoms with Crippen LogP contribution in [0.2, 0.25) is 0 Å². The van der Waals surface area contributed by atoms with Gasteiger partial charge in [-0.1, -0.05) is 171 Å². The van der Waals surface area contributed by atoms with Crippen molar-refractivity contribution in [2.75, 3.05) is 0 Å². The minimum Gasteiger partial charge on any atom is -0.456 e. The monoisotopic (exact) mass is 681 g/mol. The quantitative estimate of drug-likeness (QED) is 0.175. The molecule has 1 aromatic heterocycles. The van der Waals surface area contributed by atoms with Gasteiger partial charge in [0.1, 0.15) is 11.5 Å². The van der Waals surface area contributed by atoms with Crippen LogP contribution < -0.4 is 4.74 Å². The van der Waals surface area contributed by atoms with Crippen molar-refractivity contribution in [3.05, 3.63) is 209 Å². The summed E-state index contributed by atoms with van der Waals surface area (Å²) < 4.78 is 6.96. The van der Waals surface area contributed by atoms with Crippen molar-refractivity contribution in [1.82, 2.24) is 15.0 Å². The molecular weight excluding hydrogens is 647 g/mol. The van der Waals surface area contributed by atoms with Gasteiger partial charge in [-0.05, 0) is 57.9 Å². The average Bonchev–Trinajstić information content (AvgIpc) is 3.52. The Bertz CT molecular complexity index is 2590. The second kappa shape index (κ2) is 12.5. The molecule has 7 aromatic carbocycles. The first-order chi connectivity index (χ1) is 26.2. The fraction of sp³-hybridized carbons (Fsp3) is 0.0816. The molecular formula is C49H35N3O. The van der Waals surface area contributed by atoms with E-state index in [0.29, 0.717) is 23.4 Å².